The van der Waals surface area contributed by atoms with Gasteiger partial charge in [0.25, 0.3) is 5.56 Å². The monoisotopic (exact) mass is 486 g/mol. The number of pyridine rings is 2. The lowest BCUT2D eigenvalue weighted by Gasteiger charge is -2.19. The largest absolute Gasteiger partial charge is 0.268 e. The molecule has 186 valence electrons. The second-order valence-electron chi connectivity index (χ2n) is 9.70. The topological polar surface area (TPSA) is 34.9 Å². The first-order chi connectivity index (χ1) is 18.2. The van der Waals surface area contributed by atoms with Crippen molar-refractivity contribution in [3.05, 3.63) is 119 Å². The second kappa shape index (κ2) is 11.4. The van der Waals surface area contributed by atoms with Crippen molar-refractivity contribution >= 4 is 10.9 Å². The van der Waals surface area contributed by atoms with Crippen molar-refractivity contribution in [2.45, 2.75) is 52.4 Å². The molecular weight excluding hydrogens is 452 g/mol. The fourth-order valence-electron chi connectivity index (χ4n) is 5.06. The maximum atomic E-state index is 14.4. The summed E-state index contributed by atoms with van der Waals surface area (Å²) in [6, 6.07) is 31.2. The van der Waals surface area contributed by atoms with Crippen molar-refractivity contribution < 1.29 is 0 Å². The Morgan fingerprint density at radius 3 is 1.78 bits per heavy atom. The number of fused-ring (bicyclic) bond motifs is 1. The average molecular weight is 487 g/mol. The van der Waals surface area contributed by atoms with Gasteiger partial charge in [-0.3, -0.25) is 9.36 Å². The van der Waals surface area contributed by atoms with Crippen molar-refractivity contribution in [3.8, 4) is 28.1 Å². The van der Waals surface area contributed by atoms with Crippen LogP contribution in [0.4, 0.5) is 0 Å². The Bertz CT molecular complexity index is 1530. The van der Waals surface area contributed by atoms with Gasteiger partial charge in [0.2, 0.25) is 0 Å². The molecule has 0 bridgehead atoms. The predicted octanol–water partition coefficient (Wildman–Crippen LogP) is 8.40. The smallest absolute Gasteiger partial charge is 0.265 e. The van der Waals surface area contributed by atoms with Gasteiger partial charge in [-0.2, -0.15) is 0 Å². The maximum Gasteiger partial charge on any atom is 0.265 e. The summed E-state index contributed by atoms with van der Waals surface area (Å²) in [5.41, 5.74) is 7.14. The molecule has 3 nitrogen and oxygen atoms in total. The second-order valence-corrected chi connectivity index (χ2v) is 9.70. The number of para-hydroxylation sites is 1. The Morgan fingerprint density at radius 1 is 0.649 bits per heavy atom. The summed E-state index contributed by atoms with van der Waals surface area (Å²) < 4.78 is 1.76. The van der Waals surface area contributed by atoms with E-state index in [9.17, 15) is 4.79 Å². The molecule has 0 aliphatic rings. The van der Waals surface area contributed by atoms with Crippen LogP contribution in [0.2, 0.25) is 0 Å². The van der Waals surface area contributed by atoms with Gasteiger partial charge in [-0.25, -0.2) is 4.98 Å². The molecule has 0 aliphatic heterocycles. The Hall–Kier alpha value is -3.98. The third-order valence-corrected chi connectivity index (χ3v) is 7.08. The molecule has 2 aromatic heterocycles. The Morgan fingerprint density at radius 2 is 1.22 bits per heavy atom. The highest BCUT2D eigenvalue weighted by atomic mass is 16.1. The normalized spacial score (nSPS) is 11.2. The molecule has 5 rings (SSSR count). The van der Waals surface area contributed by atoms with E-state index in [2.05, 4.69) is 73.4 Å². The third kappa shape index (κ3) is 5.13. The Labute approximate surface area is 219 Å². The standard InChI is InChI=1S/C34H34N2O/c1-3-5-11-25-16-20-27(21-17-25)32-29-13-7-8-14-30(29)36(31-15-9-10-24-35-31)34(37)33(32)28-22-18-26(19-23-28)12-6-4-2/h7-10,13-24H,3-6,11-12H2,1-2H3. The molecule has 0 spiro atoms. The summed E-state index contributed by atoms with van der Waals surface area (Å²) in [6.07, 6.45) is 8.55. The maximum absolute atomic E-state index is 14.4. The highest BCUT2D eigenvalue weighted by molar-refractivity contribution is 6.03. The number of benzene rings is 3. The van der Waals surface area contributed by atoms with E-state index in [1.165, 1.54) is 30.4 Å². The lowest BCUT2D eigenvalue weighted by molar-refractivity contribution is 0.795. The number of nitrogens with zero attached hydrogens (tertiary/aromatic N) is 2. The highest BCUT2D eigenvalue weighted by Crippen LogP contribution is 2.37. The first-order valence-electron chi connectivity index (χ1n) is 13.5. The van der Waals surface area contributed by atoms with Gasteiger partial charge in [0.1, 0.15) is 5.82 Å². The van der Waals surface area contributed by atoms with Crippen LogP contribution in [0, 0.1) is 0 Å². The first kappa shape index (κ1) is 24.7. The van der Waals surface area contributed by atoms with E-state index in [0.717, 1.165) is 46.9 Å². The van der Waals surface area contributed by atoms with Crippen LogP contribution in [-0.4, -0.2) is 9.55 Å². The van der Waals surface area contributed by atoms with E-state index >= 15 is 0 Å². The van der Waals surface area contributed by atoms with Crippen LogP contribution >= 0.6 is 0 Å². The third-order valence-electron chi connectivity index (χ3n) is 7.08. The van der Waals surface area contributed by atoms with Gasteiger partial charge in [-0.05, 0) is 66.1 Å². The predicted molar refractivity (Wildman–Crippen MR) is 155 cm³/mol. The molecule has 0 N–H and O–H groups in total. The average Bonchev–Trinajstić information content (AvgIpc) is 2.95. The molecule has 2 heterocycles. The van der Waals surface area contributed by atoms with E-state index in [0.29, 0.717) is 11.4 Å². The number of aryl methyl sites for hydroxylation is 2. The van der Waals surface area contributed by atoms with Crippen molar-refractivity contribution in [1.82, 2.24) is 9.55 Å². The van der Waals surface area contributed by atoms with Gasteiger partial charge in [0.15, 0.2) is 0 Å². The highest BCUT2D eigenvalue weighted by Gasteiger charge is 2.21. The number of unbranched alkanes of at least 4 members (excludes halogenated alkanes) is 2. The molecule has 0 unspecified atom stereocenters. The minimum atomic E-state index is -0.0521. The van der Waals surface area contributed by atoms with Gasteiger partial charge in [-0.1, -0.05) is 99.5 Å². The lowest BCUT2D eigenvalue weighted by atomic mass is 9.90. The molecule has 37 heavy (non-hydrogen) atoms. The van der Waals surface area contributed by atoms with Gasteiger partial charge in [-0.15, -0.1) is 0 Å². The van der Waals surface area contributed by atoms with Crippen LogP contribution < -0.4 is 5.56 Å². The minimum absolute atomic E-state index is 0.0521. The Kier molecular flexibility index (Phi) is 7.60. The number of aromatic nitrogens is 2. The fourth-order valence-corrected chi connectivity index (χ4v) is 5.06. The molecule has 0 fully saturated rings. The molecule has 0 amide bonds. The van der Waals surface area contributed by atoms with Gasteiger partial charge < -0.3 is 0 Å². The lowest BCUT2D eigenvalue weighted by Crippen LogP contribution is -2.22. The van der Waals surface area contributed by atoms with Gasteiger partial charge in [0, 0.05) is 17.1 Å². The van der Waals surface area contributed by atoms with Crippen LogP contribution in [0.15, 0.2) is 102 Å². The van der Waals surface area contributed by atoms with Crippen LogP contribution in [0.3, 0.4) is 0 Å². The van der Waals surface area contributed by atoms with Crippen molar-refractivity contribution in [3.63, 3.8) is 0 Å². The summed E-state index contributed by atoms with van der Waals surface area (Å²) in [5, 5.41) is 1.04. The van der Waals surface area contributed by atoms with Gasteiger partial charge in [0.05, 0.1) is 11.1 Å². The summed E-state index contributed by atoms with van der Waals surface area (Å²) in [5.74, 6) is 0.631. The number of rotatable bonds is 9. The van der Waals surface area contributed by atoms with Crippen LogP contribution in [0.5, 0.6) is 0 Å². The van der Waals surface area contributed by atoms with Crippen molar-refractivity contribution in [2.24, 2.45) is 0 Å². The molecule has 0 saturated carbocycles. The SMILES string of the molecule is CCCCc1ccc(-c2c(-c3ccc(CCCC)cc3)c3ccccc3n(-c3ccccn3)c2=O)cc1. The van der Waals surface area contributed by atoms with E-state index in [-0.39, 0.29) is 5.56 Å². The van der Waals surface area contributed by atoms with E-state index in [1.807, 2.05) is 36.4 Å². The molecule has 0 atom stereocenters. The molecule has 5 aromatic rings. The van der Waals surface area contributed by atoms with E-state index in [1.54, 1.807) is 10.8 Å². The first-order valence-corrected chi connectivity index (χ1v) is 13.5. The molecular formula is C34H34N2O. The van der Waals surface area contributed by atoms with E-state index in [4.69, 9.17) is 0 Å². The zero-order valence-corrected chi connectivity index (χ0v) is 21.8. The number of hydrogen-bond acceptors (Lipinski definition) is 2. The quantitative estimate of drug-likeness (QED) is 0.210. The van der Waals surface area contributed by atoms with Gasteiger partial charge >= 0.3 is 0 Å². The van der Waals surface area contributed by atoms with Crippen LogP contribution in [-0.2, 0) is 12.8 Å². The van der Waals surface area contributed by atoms with Crippen LogP contribution in [0.25, 0.3) is 39.0 Å². The van der Waals surface area contributed by atoms with Crippen molar-refractivity contribution in [1.29, 1.82) is 0 Å². The molecule has 0 saturated heterocycles. The summed E-state index contributed by atoms with van der Waals surface area (Å²) in [7, 11) is 0. The molecule has 3 aromatic carbocycles. The zero-order valence-electron chi connectivity index (χ0n) is 21.8. The van der Waals surface area contributed by atoms with Crippen molar-refractivity contribution in [2.75, 3.05) is 0 Å². The zero-order chi connectivity index (χ0) is 25.6. The summed E-state index contributed by atoms with van der Waals surface area (Å²) >= 11 is 0. The van der Waals surface area contributed by atoms with E-state index < -0.39 is 0 Å². The summed E-state index contributed by atoms with van der Waals surface area (Å²) in [4.78, 5) is 18.9. The molecule has 3 heteroatoms. The fraction of sp³-hybridized carbons (Fsp3) is 0.235. The Balaban J connectivity index is 1.78. The molecule has 0 aliphatic carbocycles. The molecule has 0 radical (unpaired) electrons. The minimum Gasteiger partial charge on any atom is -0.268 e. The number of hydrogen-bond donors (Lipinski definition) is 0. The summed E-state index contributed by atoms with van der Waals surface area (Å²) in [6.45, 7) is 4.43. The van der Waals surface area contributed by atoms with Crippen LogP contribution in [0.1, 0.15) is 50.7 Å².